The minimum atomic E-state index is -0.439. The van der Waals surface area contributed by atoms with Gasteiger partial charge in [-0.1, -0.05) is 24.8 Å². The minimum absolute atomic E-state index is 0.0198. The van der Waals surface area contributed by atoms with Crippen molar-refractivity contribution < 1.29 is 9.53 Å². The summed E-state index contributed by atoms with van der Waals surface area (Å²) in [6.45, 7) is 3.37. The average Bonchev–Trinajstić information content (AvgIpc) is 2.48. The quantitative estimate of drug-likeness (QED) is 0.368. The van der Waals surface area contributed by atoms with Crippen molar-refractivity contribution in [2.75, 3.05) is 6.26 Å². The molecule has 19 heavy (non-hydrogen) atoms. The van der Waals surface area contributed by atoms with E-state index in [0.29, 0.717) is 5.75 Å². The summed E-state index contributed by atoms with van der Waals surface area (Å²) in [4.78, 5) is 13.6. The lowest BCUT2D eigenvalue weighted by atomic mass is 10.3. The van der Waals surface area contributed by atoms with Gasteiger partial charge in [-0.15, -0.1) is 0 Å². The Kier molecular flexibility index (Phi) is 4.42. The highest BCUT2D eigenvalue weighted by Crippen LogP contribution is 2.23. The predicted octanol–water partition coefficient (Wildman–Crippen LogP) is 3.44. The highest BCUT2D eigenvalue weighted by atomic mass is 32.2. The third-order valence-corrected chi connectivity index (χ3v) is 4.62. The summed E-state index contributed by atoms with van der Waals surface area (Å²) in [5.74, 6) is 0.102. The maximum absolute atomic E-state index is 11.1. The second-order valence-corrected chi connectivity index (χ2v) is 5.88. The van der Waals surface area contributed by atoms with Gasteiger partial charge >= 0.3 is 5.97 Å². The van der Waals surface area contributed by atoms with Crippen LogP contribution in [-0.2, 0) is 15.7 Å². The van der Waals surface area contributed by atoms with Gasteiger partial charge < -0.3 is 4.74 Å². The van der Waals surface area contributed by atoms with E-state index in [-0.39, 0.29) is 10.9 Å². The second kappa shape index (κ2) is 6.25. The maximum Gasteiger partial charge on any atom is 0.335 e. The van der Waals surface area contributed by atoms with Crippen LogP contribution in [0.3, 0.4) is 0 Å². The summed E-state index contributed by atoms with van der Waals surface area (Å²) in [5.41, 5.74) is 0. The Balaban J connectivity index is 2.14. The number of rotatable bonds is 4. The molecule has 0 amide bonds. The van der Waals surface area contributed by atoms with Crippen LogP contribution in [0.1, 0.15) is 0 Å². The standard InChI is InChI=1S/C16H15O2S/c1-3-16(17)18-13-9-11-15(12-10-13)19(2)14-7-5-4-6-8-14/h3-12H,1H2,2H3/q+1. The molecule has 96 valence electrons. The zero-order valence-electron chi connectivity index (χ0n) is 10.7. The number of ether oxygens (including phenoxy) is 1. The fourth-order valence-corrected chi connectivity index (χ4v) is 3.01. The first-order valence-electron chi connectivity index (χ1n) is 5.86. The third-order valence-electron chi connectivity index (χ3n) is 2.66. The number of esters is 1. The van der Waals surface area contributed by atoms with E-state index >= 15 is 0 Å². The normalized spacial score (nSPS) is 11.6. The van der Waals surface area contributed by atoms with E-state index in [0.717, 1.165) is 6.08 Å². The van der Waals surface area contributed by atoms with E-state index < -0.39 is 5.97 Å². The van der Waals surface area contributed by atoms with Crippen molar-refractivity contribution in [1.82, 2.24) is 0 Å². The highest BCUT2D eigenvalue weighted by Gasteiger charge is 2.18. The molecule has 2 aromatic rings. The zero-order chi connectivity index (χ0) is 13.7. The van der Waals surface area contributed by atoms with Crippen molar-refractivity contribution in [3.63, 3.8) is 0 Å². The van der Waals surface area contributed by atoms with Gasteiger partial charge in [-0.25, -0.2) is 4.79 Å². The van der Waals surface area contributed by atoms with Crippen LogP contribution in [0.5, 0.6) is 5.75 Å². The third kappa shape index (κ3) is 3.48. The lowest BCUT2D eigenvalue weighted by Gasteiger charge is -2.04. The smallest absolute Gasteiger partial charge is 0.335 e. The van der Waals surface area contributed by atoms with Crippen molar-refractivity contribution in [3.8, 4) is 5.75 Å². The molecule has 3 heteroatoms. The highest BCUT2D eigenvalue weighted by molar-refractivity contribution is 7.96. The molecule has 0 heterocycles. The van der Waals surface area contributed by atoms with Gasteiger partial charge in [0.2, 0.25) is 0 Å². The summed E-state index contributed by atoms with van der Waals surface area (Å²) in [7, 11) is 0.0198. The van der Waals surface area contributed by atoms with E-state index in [9.17, 15) is 4.79 Å². The summed E-state index contributed by atoms with van der Waals surface area (Å²) < 4.78 is 5.05. The van der Waals surface area contributed by atoms with Gasteiger partial charge in [-0.05, 0) is 36.4 Å². The molecular formula is C16H15O2S+. The lowest BCUT2D eigenvalue weighted by molar-refractivity contribution is -0.128. The van der Waals surface area contributed by atoms with Crippen LogP contribution in [0.2, 0.25) is 0 Å². The molecule has 0 aliphatic rings. The molecule has 2 nitrogen and oxygen atoms in total. The van der Waals surface area contributed by atoms with Crippen LogP contribution in [0.15, 0.2) is 77.0 Å². The Morgan fingerprint density at radius 1 is 1.05 bits per heavy atom. The van der Waals surface area contributed by atoms with Crippen molar-refractivity contribution in [2.24, 2.45) is 0 Å². The minimum Gasteiger partial charge on any atom is -0.423 e. The number of carbonyl (C=O) groups is 1. The van der Waals surface area contributed by atoms with Gasteiger partial charge in [0.15, 0.2) is 9.79 Å². The molecule has 0 N–H and O–H groups in total. The van der Waals surface area contributed by atoms with Crippen LogP contribution in [0, 0.1) is 0 Å². The molecule has 2 aromatic carbocycles. The molecule has 0 saturated carbocycles. The molecule has 1 unspecified atom stereocenters. The summed E-state index contributed by atoms with van der Waals surface area (Å²) in [6, 6.07) is 17.9. The average molecular weight is 271 g/mol. The summed E-state index contributed by atoms with van der Waals surface area (Å²) in [6.07, 6.45) is 3.34. The Morgan fingerprint density at radius 2 is 1.63 bits per heavy atom. The van der Waals surface area contributed by atoms with Gasteiger partial charge in [-0.2, -0.15) is 0 Å². The van der Waals surface area contributed by atoms with Gasteiger partial charge in [0.25, 0.3) is 0 Å². The molecule has 0 bridgehead atoms. The molecule has 0 aromatic heterocycles. The fraction of sp³-hybridized carbons (Fsp3) is 0.0625. The molecule has 0 fully saturated rings. The van der Waals surface area contributed by atoms with Crippen molar-refractivity contribution >= 4 is 16.9 Å². The SMILES string of the molecule is C=CC(=O)Oc1ccc([S+](C)c2ccccc2)cc1. The zero-order valence-corrected chi connectivity index (χ0v) is 11.5. The summed E-state index contributed by atoms with van der Waals surface area (Å²) in [5, 5.41) is 0. The molecule has 0 aliphatic heterocycles. The van der Waals surface area contributed by atoms with E-state index in [1.54, 1.807) is 0 Å². The van der Waals surface area contributed by atoms with Gasteiger partial charge in [0.05, 0.1) is 10.9 Å². The first-order chi connectivity index (χ1) is 9.20. The van der Waals surface area contributed by atoms with E-state index in [2.05, 4.69) is 25.0 Å². The molecule has 0 spiro atoms. The second-order valence-electron chi connectivity index (χ2n) is 3.92. The number of benzene rings is 2. The van der Waals surface area contributed by atoms with Gasteiger partial charge in [0, 0.05) is 6.08 Å². The first-order valence-corrected chi connectivity index (χ1v) is 7.49. The number of hydrogen-bond acceptors (Lipinski definition) is 2. The van der Waals surface area contributed by atoms with Gasteiger partial charge in [-0.3, -0.25) is 0 Å². The maximum atomic E-state index is 11.1. The Hall–Kier alpha value is -2.00. The number of hydrogen-bond donors (Lipinski definition) is 0. The van der Waals surface area contributed by atoms with E-state index in [1.807, 2.05) is 42.5 Å². The predicted molar refractivity (Wildman–Crippen MR) is 78.5 cm³/mol. The first kappa shape index (κ1) is 13.4. The topological polar surface area (TPSA) is 26.3 Å². The Labute approximate surface area is 116 Å². The van der Waals surface area contributed by atoms with Crippen molar-refractivity contribution in [2.45, 2.75) is 9.79 Å². The van der Waals surface area contributed by atoms with Crippen LogP contribution in [0.25, 0.3) is 0 Å². The molecular weight excluding hydrogens is 256 g/mol. The molecule has 2 rings (SSSR count). The largest absolute Gasteiger partial charge is 0.423 e. The Morgan fingerprint density at radius 3 is 2.21 bits per heavy atom. The number of carbonyl (C=O) groups excluding carboxylic acids is 1. The van der Waals surface area contributed by atoms with Gasteiger partial charge in [0.1, 0.15) is 12.0 Å². The monoisotopic (exact) mass is 271 g/mol. The van der Waals surface area contributed by atoms with Crippen LogP contribution >= 0.6 is 0 Å². The molecule has 0 aliphatic carbocycles. The van der Waals surface area contributed by atoms with Crippen molar-refractivity contribution in [3.05, 3.63) is 67.3 Å². The molecule has 1 atom stereocenters. The van der Waals surface area contributed by atoms with Crippen LogP contribution < -0.4 is 4.74 Å². The fourth-order valence-electron chi connectivity index (χ4n) is 1.63. The van der Waals surface area contributed by atoms with E-state index in [1.165, 1.54) is 9.79 Å². The Bertz CT molecular complexity index is 561. The summed E-state index contributed by atoms with van der Waals surface area (Å²) >= 11 is 0. The molecule has 0 saturated heterocycles. The van der Waals surface area contributed by atoms with Crippen LogP contribution in [0.4, 0.5) is 0 Å². The molecule has 0 radical (unpaired) electrons. The van der Waals surface area contributed by atoms with E-state index in [4.69, 9.17) is 4.74 Å². The van der Waals surface area contributed by atoms with Crippen LogP contribution in [-0.4, -0.2) is 12.2 Å². The van der Waals surface area contributed by atoms with Crippen molar-refractivity contribution in [1.29, 1.82) is 0 Å². The lowest BCUT2D eigenvalue weighted by Crippen LogP contribution is -2.04.